The maximum atomic E-state index is 12.3. The summed E-state index contributed by atoms with van der Waals surface area (Å²) < 4.78 is 33.6. The van der Waals surface area contributed by atoms with Gasteiger partial charge >= 0.3 is 11.9 Å². The quantitative estimate of drug-likeness (QED) is 0.0604. The fraction of sp³-hybridized carbons (Fsp3) is 0.923. The molecule has 0 rings (SSSR count). The molecule has 0 fully saturated rings. The first-order valence-corrected chi connectivity index (χ1v) is 15.1. The van der Waals surface area contributed by atoms with E-state index in [1.54, 1.807) is 0 Å². The third-order valence-corrected chi connectivity index (χ3v) is 8.15. The zero-order chi connectivity index (χ0) is 25.9. The number of carboxylic acid groups (broad SMARTS) is 2. The first-order valence-electron chi connectivity index (χ1n) is 13.6. The minimum atomic E-state index is -5.07. The molecule has 36 heavy (non-hydrogen) atoms. The molecule has 0 aromatic carbocycles. The van der Waals surface area contributed by atoms with E-state index in [9.17, 15) is 32.8 Å². The Morgan fingerprint density at radius 1 is 0.611 bits per heavy atom. The van der Waals surface area contributed by atoms with Crippen LogP contribution in [0.5, 0.6) is 0 Å². The molecule has 0 bridgehead atoms. The molecule has 1 atom stereocenters. The summed E-state index contributed by atoms with van der Waals surface area (Å²) in [7, 11) is -5.07. The van der Waals surface area contributed by atoms with Crippen LogP contribution in [0.3, 0.4) is 0 Å². The van der Waals surface area contributed by atoms with Gasteiger partial charge in [-0.3, -0.25) is 14.1 Å². The predicted molar refractivity (Wildman–Crippen MR) is 147 cm³/mol. The van der Waals surface area contributed by atoms with E-state index in [1.807, 2.05) is 0 Å². The third kappa shape index (κ3) is 16.5. The highest BCUT2D eigenvalue weighted by Gasteiger charge is 2.55. The van der Waals surface area contributed by atoms with Crippen molar-refractivity contribution in [1.29, 1.82) is 0 Å². The lowest BCUT2D eigenvalue weighted by molar-refractivity contribution is -0.156. The second-order valence-corrected chi connectivity index (χ2v) is 11.4. The SMILES string of the molecule is CCCCCCCCCCCC(CCCCCCCCCCC)(C(=O)O)C(C(=O)O)S(=O)(=O)O.N.N. The average molecular weight is 541 g/mol. The number of rotatable bonds is 24. The largest absolute Gasteiger partial charge is 0.481 e. The van der Waals surface area contributed by atoms with Gasteiger partial charge in [-0.2, -0.15) is 8.42 Å². The molecule has 0 radical (unpaired) electrons. The van der Waals surface area contributed by atoms with Gasteiger partial charge in [0.2, 0.25) is 0 Å². The van der Waals surface area contributed by atoms with Crippen molar-refractivity contribution in [2.45, 2.75) is 148 Å². The molecule has 0 heterocycles. The van der Waals surface area contributed by atoms with Gasteiger partial charge in [-0.15, -0.1) is 0 Å². The van der Waals surface area contributed by atoms with Crippen LogP contribution in [-0.2, 0) is 19.7 Å². The summed E-state index contributed by atoms with van der Waals surface area (Å²) in [6.07, 6.45) is 17.9. The van der Waals surface area contributed by atoms with Gasteiger partial charge in [0.05, 0.1) is 5.41 Å². The lowest BCUT2D eigenvalue weighted by Gasteiger charge is -2.33. The number of carboxylic acids is 2. The fourth-order valence-electron chi connectivity index (χ4n) is 4.86. The summed E-state index contributed by atoms with van der Waals surface area (Å²) in [5.74, 6) is -3.24. The summed E-state index contributed by atoms with van der Waals surface area (Å²) in [6, 6.07) is 0. The molecule has 1 unspecified atom stereocenters. The Morgan fingerprint density at radius 2 is 0.889 bits per heavy atom. The van der Waals surface area contributed by atoms with Crippen molar-refractivity contribution in [3.05, 3.63) is 0 Å². The highest BCUT2D eigenvalue weighted by molar-refractivity contribution is 7.87. The number of hydrogen-bond donors (Lipinski definition) is 5. The molecule has 0 aliphatic rings. The zero-order valence-corrected chi connectivity index (χ0v) is 23.8. The van der Waals surface area contributed by atoms with Crippen LogP contribution < -0.4 is 12.3 Å². The van der Waals surface area contributed by atoms with Crippen molar-refractivity contribution < 1.29 is 32.8 Å². The van der Waals surface area contributed by atoms with Crippen molar-refractivity contribution in [2.75, 3.05) is 0 Å². The second kappa shape index (κ2) is 22.9. The molecule has 10 heteroatoms. The van der Waals surface area contributed by atoms with Crippen LogP contribution in [-0.4, -0.2) is 40.4 Å². The summed E-state index contributed by atoms with van der Waals surface area (Å²) in [6.45, 7) is 4.33. The average Bonchev–Trinajstić information content (AvgIpc) is 2.75. The highest BCUT2D eigenvalue weighted by Crippen LogP contribution is 2.39. The van der Waals surface area contributed by atoms with Gasteiger partial charge in [0.15, 0.2) is 5.25 Å². The van der Waals surface area contributed by atoms with Gasteiger partial charge < -0.3 is 22.5 Å². The van der Waals surface area contributed by atoms with Gasteiger partial charge in [-0.1, -0.05) is 129 Å². The molecule has 0 spiro atoms. The lowest BCUT2D eigenvalue weighted by Crippen LogP contribution is -2.51. The number of hydrogen-bond acceptors (Lipinski definition) is 6. The van der Waals surface area contributed by atoms with Crippen LogP contribution >= 0.6 is 0 Å². The molecule has 0 aromatic heterocycles. The van der Waals surface area contributed by atoms with Gasteiger partial charge in [-0.05, 0) is 12.8 Å². The number of unbranched alkanes of at least 4 members (excludes halogenated alkanes) is 16. The molecule has 0 amide bonds. The maximum absolute atomic E-state index is 12.3. The van der Waals surface area contributed by atoms with Gasteiger partial charge in [0.25, 0.3) is 10.1 Å². The molecular weight excluding hydrogens is 484 g/mol. The summed E-state index contributed by atoms with van der Waals surface area (Å²) in [4.78, 5) is 24.1. The highest BCUT2D eigenvalue weighted by atomic mass is 32.2. The minimum Gasteiger partial charge on any atom is -0.481 e. The minimum absolute atomic E-state index is 0. The van der Waals surface area contributed by atoms with Crippen LogP contribution in [0.1, 0.15) is 142 Å². The molecule has 0 aromatic rings. The Kier molecular flexibility index (Phi) is 25.0. The van der Waals surface area contributed by atoms with Crippen LogP contribution in [0.15, 0.2) is 0 Å². The topological polar surface area (TPSA) is 199 Å². The van der Waals surface area contributed by atoms with E-state index < -0.39 is 32.7 Å². The van der Waals surface area contributed by atoms with Crippen LogP contribution in [0, 0.1) is 5.41 Å². The van der Waals surface area contributed by atoms with Gasteiger partial charge in [0, 0.05) is 0 Å². The van der Waals surface area contributed by atoms with Crippen molar-refractivity contribution in [1.82, 2.24) is 12.3 Å². The normalized spacial score (nSPS) is 12.4. The first-order chi connectivity index (χ1) is 16.1. The number of aliphatic carboxylic acids is 2. The number of carbonyl (C=O) groups is 2. The van der Waals surface area contributed by atoms with Gasteiger partial charge in [0.1, 0.15) is 0 Å². The Bertz CT molecular complexity index is 635. The van der Waals surface area contributed by atoms with E-state index in [2.05, 4.69) is 13.8 Å². The molecular formula is C26H56N2O7S. The van der Waals surface area contributed by atoms with Crippen molar-refractivity contribution in [2.24, 2.45) is 5.41 Å². The fourth-order valence-corrected chi connectivity index (χ4v) is 6.03. The van der Waals surface area contributed by atoms with E-state index >= 15 is 0 Å². The second-order valence-electron chi connectivity index (χ2n) is 9.85. The molecule has 0 aliphatic carbocycles. The smallest absolute Gasteiger partial charge is 0.325 e. The van der Waals surface area contributed by atoms with E-state index in [-0.39, 0.29) is 25.1 Å². The van der Waals surface area contributed by atoms with Crippen molar-refractivity contribution in [3.8, 4) is 0 Å². The first kappa shape index (κ1) is 39.3. The predicted octanol–water partition coefficient (Wildman–Crippen LogP) is 7.56. The summed E-state index contributed by atoms with van der Waals surface area (Å²) in [5, 5.41) is 17.2. The van der Waals surface area contributed by atoms with Gasteiger partial charge in [-0.25, -0.2) is 0 Å². The lowest BCUT2D eigenvalue weighted by atomic mass is 9.74. The molecule has 9 nitrogen and oxygen atoms in total. The monoisotopic (exact) mass is 540 g/mol. The molecule has 0 aliphatic heterocycles. The Labute approximate surface area is 220 Å². The molecule has 218 valence electrons. The van der Waals surface area contributed by atoms with Crippen LogP contribution in [0.25, 0.3) is 0 Å². The zero-order valence-electron chi connectivity index (χ0n) is 23.0. The molecule has 9 N–H and O–H groups in total. The third-order valence-electron chi connectivity index (χ3n) is 6.90. The van der Waals surface area contributed by atoms with Crippen LogP contribution in [0.4, 0.5) is 0 Å². The van der Waals surface area contributed by atoms with Crippen molar-refractivity contribution >= 4 is 22.1 Å². The standard InChI is InChI=1S/C26H50O7S.2H3N/c1-3-5-7-9-11-13-15-17-19-21-26(25(29)30,23(24(27)28)34(31,32)33)22-20-18-16-14-12-10-8-6-4-2;;/h23H,3-22H2,1-2H3,(H,27,28)(H,29,30)(H,31,32,33);2*1H3. The maximum Gasteiger partial charge on any atom is 0.325 e. The van der Waals surface area contributed by atoms with E-state index in [4.69, 9.17) is 0 Å². The van der Waals surface area contributed by atoms with E-state index in [0.717, 1.165) is 51.4 Å². The molecule has 0 saturated carbocycles. The Morgan fingerprint density at radius 3 is 1.11 bits per heavy atom. The summed E-state index contributed by atoms with van der Waals surface area (Å²) in [5.41, 5.74) is -2.01. The van der Waals surface area contributed by atoms with Crippen molar-refractivity contribution in [3.63, 3.8) is 0 Å². The Balaban J connectivity index is -0.00000544. The molecule has 0 saturated heterocycles. The summed E-state index contributed by atoms with van der Waals surface area (Å²) >= 11 is 0. The Hall–Kier alpha value is -1.23. The van der Waals surface area contributed by atoms with E-state index in [0.29, 0.717) is 12.8 Å². The van der Waals surface area contributed by atoms with Crippen LogP contribution in [0.2, 0.25) is 0 Å². The van der Waals surface area contributed by atoms with E-state index in [1.165, 1.54) is 51.4 Å².